The van der Waals surface area contributed by atoms with Crippen molar-refractivity contribution in [2.45, 2.75) is 17.0 Å². The Morgan fingerprint density at radius 3 is 2.19 bits per heavy atom. The van der Waals surface area contributed by atoms with Gasteiger partial charge in [-0.15, -0.1) is 11.8 Å². The molecule has 1 nitrogen and oxygen atoms in total. The number of thioether (sulfide) groups is 2. The fourth-order valence-corrected chi connectivity index (χ4v) is 2.47. The fraction of sp³-hybridized carbons (Fsp3) is 0.400. The van der Waals surface area contributed by atoms with E-state index >= 15 is 0 Å². The second-order valence-electron chi connectivity index (χ2n) is 2.94. The van der Waals surface area contributed by atoms with Crippen molar-refractivity contribution in [3.8, 4) is 0 Å². The van der Waals surface area contributed by atoms with E-state index in [1.807, 2.05) is 0 Å². The van der Waals surface area contributed by atoms with E-state index in [1.165, 1.54) is 11.8 Å². The van der Waals surface area contributed by atoms with E-state index in [-0.39, 0.29) is 24.1 Å². The normalized spacial score (nSPS) is 11.8. The van der Waals surface area contributed by atoms with Gasteiger partial charge in [0.05, 0.1) is 6.61 Å². The molecule has 0 unspecified atom stereocenters. The van der Waals surface area contributed by atoms with E-state index in [0.29, 0.717) is 5.75 Å². The van der Waals surface area contributed by atoms with Crippen LogP contribution in [0.1, 0.15) is 5.56 Å². The van der Waals surface area contributed by atoms with E-state index in [2.05, 4.69) is 0 Å². The van der Waals surface area contributed by atoms with Gasteiger partial charge < -0.3 is 5.11 Å². The van der Waals surface area contributed by atoms with Crippen LogP contribution in [0.5, 0.6) is 0 Å². The Morgan fingerprint density at radius 1 is 1.06 bits per heavy atom. The monoisotopic (exact) mass is 268 g/mol. The summed E-state index contributed by atoms with van der Waals surface area (Å²) in [7, 11) is 0. The first-order chi connectivity index (χ1) is 7.51. The summed E-state index contributed by atoms with van der Waals surface area (Å²) in [6, 6.07) is 7.13. The number of hydrogen-bond acceptors (Lipinski definition) is 3. The molecule has 0 aliphatic carbocycles. The van der Waals surface area contributed by atoms with Crippen molar-refractivity contribution >= 4 is 23.5 Å². The quantitative estimate of drug-likeness (QED) is 0.651. The number of rotatable bonds is 5. The molecule has 0 saturated carbocycles. The van der Waals surface area contributed by atoms with Crippen molar-refractivity contribution in [2.24, 2.45) is 0 Å². The van der Waals surface area contributed by atoms with Gasteiger partial charge in [0.2, 0.25) is 0 Å². The molecule has 0 aliphatic rings. The van der Waals surface area contributed by atoms with Crippen molar-refractivity contribution in [3.05, 3.63) is 29.8 Å². The molecule has 0 saturated heterocycles. The summed E-state index contributed by atoms with van der Waals surface area (Å²) in [6.07, 6.45) is 0. The SMILES string of the molecule is OCc1ccc(SCCSC(F)(F)F)cc1. The highest BCUT2D eigenvalue weighted by Gasteiger charge is 2.27. The zero-order valence-electron chi connectivity index (χ0n) is 8.33. The van der Waals surface area contributed by atoms with Crippen LogP contribution >= 0.6 is 23.5 Å². The highest BCUT2D eigenvalue weighted by atomic mass is 32.2. The number of hydrogen-bond donors (Lipinski definition) is 1. The second-order valence-corrected chi connectivity index (χ2v) is 5.27. The van der Waals surface area contributed by atoms with Crippen molar-refractivity contribution < 1.29 is 18.3 Å². The largest absolute Gasteiger partial charge is 0.441 e. The molecule has 0 bridgehead atoms. The summed E-state index contributed by atoms with van der Waals surface area (Å²) < 4.78 is 35.4. The van der Waals surface area contributed by atoms with E-state index in [1.54, 1.807) is 24.3 Å². The smallest absolute Gasteiger partial charge is 0.392 e. The molecule has 0 radical (unpaired) electrons. The van der Waals surface area contributed by atoms with Gasteiger partial charge in [0.15, 0.2) is 0 Å². The minimum atomic E-state index is -4.14. The number of aliphatic hydroxyl groups is 1. The summed E-state index contributed by atoms with van der Waals surface area (Å²) in [4.78, 5) is 0.917. The Balaban J connectivity index is 2.27. The third-order valence-electron chi connectivity index (χ3n) is 1.72. The maximum absolute atomic E-state index is 11.8. The maximum Gasteiger partial charge on any atom is 0.441 e. The lowest BCUT2D eigenvalue weighted by Crippen LogP contribution is -2.02. The highest BCUT2D eigenvalue weighted by Crippen LogP contribution is 2.31. The van der Waals surface area contributed by atoms with Crippen LogP contribution in [0.2, 0.25) is 0 Å². The summed E-state index contributed by atoms with van der Waals surface area (Å²) in [5.41, 5.74) is -3.34. The van der Waals surface area contributed by atoms with Gasteiger partial charge in [-0.25, -0.2) is 0 Å². The maximum atomic E-state index is 11.8. The summed E-state index contributed by atoms with van der Waals surface area (Å²) >= 11 is 1.38. The lowest BCUT2D eigenvalue weighted by atomic mass is 10.2. The van der Waals surface area contributed by atoms with Gasteiger partial charge in [0, 0.05) is 16.4 Å². The molecular formula is C10H11F3OS2. The standard InChI is InChI=1S/C10H11F3OS2/c11-10(12,13)16-6-5-15-9-3-1-8(7-14)2-4-9/h1-4,14H,5-7H2. The van der Waals surface area contributed by atoms with Gasteiger partial charge in [-0.1, -0.05) is 23.9 Å². The van der Waals surface area contributed by atoms with Crippen LogP contribution in [0.3, 0.4) is 0 Å². The molecule has 0 heterocycles. The number of benzene rings is 1. The van der Waals surface area contributed by atoms with E-state index in [4.69, 9.17) is 5.11 Å². The Morgan fingerprint density at radius 2 is 1.69 bits per heavy atom. The van der Waals surface area contributed by atoms with E-state index in [9.17, 15) is 13.2 Å². The first-order valence-electron chi connectivity index (χ1n) is 4.54. The average Bonchev–Trinajstić information content (AvgIpc) is 2.24. The van der Waals surface area contributed by atoms with Crippen LogP contribution in [0.15, 0.2) is 29.2 Å². The Hall–Kier alpha value is -0.330. The molecule has 16 heavy (non-hydrogen) atoms. The van der Waals surface area contributed by atoms with Gasteiger partial charge in [-0.2, -0.15) is 13.2 Å². The summed E-state index contributed by atoms with van der Waals surface area (Å²) in [6.45, 7) is -0.0190. The zero-order valence-corrected chi connectivity index (χ0v) is 9.96. The van der Waals surface area contributed by atoms with E-state index < -0.39 is 5.51 Å². The molecule has 1 N–H and O–H groups in total. The van der Waals surface area contributed by atoms with Crippen molar-refractivity contribution in [1.82, 2.24) is 0 Å². The third kappa shape index (κ3) is 5.67. The molecule has 0 fully saturated rings. The first-order valence-corrected chi connectivity index (χ1v) is 6.51. The third-order valence-corrected chi connectivity index (χ3v) is 3.73. The van der Waals surface area contributed by atoms with Gasteiger partial charge in [0.1, 0.15) is 0 Å². The van der Waals surface area contributed by atoms with Crippen LogP contribution in [-0.2, 0) is 6.61 Å². The topological polar surface area (TPSA) is 20.2 Å². The molecule has 0 aromatic heterocycles. The minimum Gasteiger partial charge on any atom is -0.392 e. The predicted octanol–water partition coefficient (Wildman–Crippen LogP) is 3.52. The number of alkyl halides is 3. The molecule has 0 spiro atoms. The second kappa shape index (κ2) is 6.42. The molecule has 1 aromatic rings. The molecular weight excluding hydrogens is 257 g/mol. The van der Waals surface area contributed by atoms with Gasteiger partial charge in [0.25, 0.3) is 0 Å². The van der Waals surface area contributed by atoms with Gasteiger partial charge in [-0.3, -0.25) is 0 Å². The van der Waals surface area contributed by atoms with Crippen LogP contribution in [-0.4, -0.2) is 22.1 Å². The fourth-order valence-electron chi connectivity index (χ4n) is 1.01. The summed E-state index contributed by atoms with van der Waals surface area (Å²) in [5.74, 6) is 0.471. The molecule has 1 rings (SSSR count). The highest BCUT2D eigenvalue weighted by molar-refractivity contribution is 8.03. The van der Waals surface area contributed by atoms with Crippen molar-refractivity contribution in [1.29, 1.82) is 0 Å². The van der Waals surface area contributed by atoms with Crippen LogP contribution in [0.4, 0.5) is 13.2 Å². The number of aliphatic hydroxyl groups excluding tert-OH is 1. The van der Waals surface area contributed by atoms with Gasteiger partial charge >= 0.3 is 5.51 Å². The van der Waals surface area contributed by atoms with Crippen molar-refractivity contribution in [2.75, 3.05) is 11.5 Å². The number of halogens is 3. The average molecular weight is 268 g/mol. The Bertz CT molecular complexity index is 311. The zero-order chi connectivity index (χ0) is 12.0. The van der Waals surface area contributed by atoms with Crippen LogP contribution in [0, 0.1) is 0 Å². The van der Waals surface area contributed by atoms with Crippen molar-refractivity contribution in [3.63, 3.8) is 0 Å². The molecule has 1 aromatic carbocycles. The Labute approximate surface area is 100 Å². The molecule has 90 valence electrons. The molecule has 0 aliphatic heterocycles. The predicted molar refractivity (Wildman–Crippen MR) is 61.6 cm³/mol. The van der Waals surface area contributed by atoms with E-state index in [0.717, 1.165) is 10.5 Å². The lowest BCUT2D eigenvalue weighted by molar-refractivity contribution is -0.0326. The lowest BCUT2D eigenvalue weighted by Gasteiger charge is -2.05. The summed E-state index contributed by atoms with van der Waals surface area (Å²) in [5, 5.41) is 8.80. The Kier molecular flexibility index (Phi) is 5.51. The molecule has 0 amide bonds. The van der Waals surface area contributed by atoms with Crippen LogP contribution in [0.25, 0.3) is 0 Å². The van der Waals surface area contributed by atoms with Gasteiger partial charge in [-0.05, 0) is 17.7 Å². The molecule has 6 heteroatoms. The minimum absolute atomic E-state index is 0.000361. The van der Waals surface area contributed by atoms with Crippen LogP contribution < -0.4 is 0 Å². The first kappa shape index (κ1) is 13.7. The molecule has 0 atom stereocenters.